The Morgan fingerprint density at radius 2 is 1.44 bits per heavy atom. The van der Waals surface area contributed by atoms with Gasteiger partial charge < -0.3 is 10.2 Å². The molecule has 1 aliphatic heterocycles. The van der Waals surface area contributed by atoms with Gasteiger partial charge in [-0.1, -0.05) is 60.7 Å². The van der Waals surface area contributed by atoms with E-state index in [-0.39, 0.29) is 18.0 Å². The largest absolute Gasteiger partial charge is 0.346 e. The summed E-state index contributed by atoms with van der Waals surface area (Å²) in [5.74, 6) is -0.166. The molecule has 4 aromatic rings. The Balaban J connectivity index is 1.33. The molecule has 1 fully saturated rings. The molecule has 5 rings (SSSR count). The molecule has 1 aliphatic rings. The molecule has 1 N–H and O–H groups in total. The molecule has 0 aliphatic carbocycles. The van der Waals surface area contributed by atoms with E-state index in [0.717, 1.165) is 36.1 Å². The van der Waals surface area contributed by atoms with Gasteiger partial charge in [0.15, 0.2) is 0 Å². The molecule has 1 saturated heterocycles. The van der Waals surface area contributed by atoms with Gasteiger partial charge in [-0.15, -0.1) is 0 Å². The van der Waals surface area contributed by atoms with E-state index < -0.39 is 0 Å². The number of nitrogens with zero attached hydrogens (tertiary/aromatic N) is 3. The van der Waals surface area contributed by atoms with E-state index in [9.17, 15) is 9.59 Å². The summed E-state index contributed by atoms with van der Waals surface area (Å²) in [4.78, 5) is 28.2. The van der Waals surface area contributed by atoms with Gasteiger partial charge in [0.1, 0.15) is 0 Å². The predicted molar refractivity (Wildman–Crippen MR) is 135 cm³/mol. The first-order valence-corrected chi connectivity index (χ1v) is 11.8. The lowest BCUT2D eigenvalue weighted by Gasteiger charge is -2.16. The SMILES string of the molecule is O=C(NCc1nn(CCN2CCCC2)c(=O)c2ccccc12)c1ccc(-c2ccccc2)cc1. The number of fused-ring (bicyclic) bond motifs is 1. The third kappa shape index (κ3) is 4.77. The van der Waals surface area contributed by atoms with Gasteiger partial charge in [0.05, 0.1) is 24.2 Å². The van der Waals surface area contributed by atoms with Gasteiger partial charge in [0, 0.05) is 17.5 Å². The maximum atomic E-state index is 13.0. The van der Waals surface area contributed by atoms with Crippen molar-refractivity contribution in [2.24, 2.45) is 0 Å². The molecule has 0 saturated carbocycles. The van der Waals surface area contributed by atoms with Gasteiger partial charge in [-0.3, -0.25) is 9.59 Å². The number of likely N-dealkylation sites (tertiary alicyclic amines) is 1. The summed E-state index contributed by atoms with van der Waals surface area (Å²) >= 11 is 0. The topological polar surface area (TPSA) is 67.2 Å². The molecule has 3 aromatic carbocycles. The van der Waals surface area contributed by atoms with Crippen molar-refractivity contribution in [1.82, 2.24) is 20.0 Å². The van der Waals surface area contributed by atoms with E-state index in [1.807, 2.05) is 78.9 Å². The Kier molecular flexibility index (Phi) is 6.49. The lowest BCUT2D eigenvalue weighted by Crippen LogP contribution is -2.32. The van der Waals surface area contributed by atoms with E-state index in [0.29, 0.717) is 23.2 Å². The molecule has 2 heterocycles. The average molecular weight is 453 g/mol. The van der Waals surface area contributed by atoms with Gasteiger partial charge in [-0.2, -0.15) is 5.10 Å². The van der Waals surface area contributed by atoms with Crippen LogP contribution in [0.15, 0.2) is 83.7 Å². The van der Waals surface area contributed by atoms with Crippen molar-refractivity contribution in [3.8, 4) is 11.1 Å². The van der Waals surface area contributed by atoms with Crippen LogP contribution >= 0.6 is 0 Å². The van der Waals surface area contributed by atoms with Crippen LogP contribution in [-0.4, -0.2) is 40.2 Å². The van der Waals surface area contributed by atoms with Crippen molar-refractivity contribution in [1.29, 1.82) is 0 Å². The van der Waals surface area contributed by atoms with Crippen LogP contribution in [0.5, 0.6) is 0 Å². The van der Waals surface area contributed by atoms with Gasteiger partial charge in [0.2, 0.25) is 0 Å². The first-order chi connectivity index (χ1) is 16.7. The van der Waals surface area contributed by atoms with Crippen molar-refractivity contribution >= 4 is 16.7 Å². The molecule has 34 heavy (non-hydrogen) atoms. The third-order valence-electron chi connectivity index (χ3n) is 6.44. The molecule has 1 amide bonds. The zero-order valence-electron chi connectivity index (χ0n) is 19.1. The first-order valence-electron chi connectivity index (χ1n) is 11.8. The van der Waals surface area contributed by atoms with Crippen molar-refractivity contribution in [2.45, 2.75) is 25.9 Å². The number of rotatable bonds is 7. The molecule has 6 heteroatoms. The number of hydrogen-bond donors (Lipinski definition) is 1. The van der Waals surface area contributed by atoms with Crippen LogP contribution in [0.1, 0.15) is 28.9 Å². The summed E-state index contributed by atoms with van der Waals surface area (Å²) in [5.41, 5.74) is 3.38. The second-order valence-corrected chi connectivity index (χ2v) is 8.70. The highest BCUT2D eigenvalue weighted by atomic mass is 16.1. The number of nitrogens with one attached hydrogen (secondary N) is 1. The van der Waals surface area contributed by atoms with Crippen LogP contribution in [-0.2, 0) is 13.1 Å². The molecular formula is C28H28N4O2. The number of carbonyl (C=O) groups excluding carboxylic acids is 1. The maximum absolute atomic E-state index is 13.0. The first kappa shape index (κ1) is 22.0. The Hall–Kier alpha value is -3.77. The van der Waals surface area contributed by atoms with E-state index >= 15 is 0 Å². The summed E-state index contributed by atoms with van der Waals surface area (Å²) in [6.07, 6.45) is 2.42. The smallest absolute Gasteiger partial charge is 0.274 e. The van der Waals surface area contributed by atoms with E-state index in [2.05, 4.69) is 15.3 Å². The van der Waals surface area contributed by atoms with Crippen molar-refractivity contribution in [3.63, 3.8) is 0 Å². The van der Waals surface area contributed by atoms with Crippen LogP contribution in [0.4, 0.5) is 0 Å². The molecular weight excluding hydrogens is 424 g/mol. The number of aromatic nitrogens is 2. The number of amides is 1. The molecule has 1 aromatic heterocycles. The Labute approximate surface area is 198 Å². The van der Waals surface area contributed by atoms with Crippen molar-refractivity contribution in [2.75, 3.05) is 19.6 Å². The highest BCUT2D eigenvalue weighted by Gasteiger charge is 2.15. The lowest BCUT2D eigenvalue weighted by atomic mass is 10.0. The Morgan fingerprint density at radius 3 is 2.18 bits per heavy atom. The molecule has 6 nitrogen and oxygen atoms in total. The van der Waals surface area contributed by atoms with Crippen LogP contribution < -0.4 is 10.9 Å². The predicted octanol–water partition coefficient (Wildman–Crippen LogP) is 4.09. The second-order valence-electron chi connectivity index (χ2n) is 8.70. The van der Waals surface area contributed by atoms with Gasteiger partial charge in [-0.25, -0.2) is 4.68 Å². The van der Waals surface area contributed by atoms with Crippen LogP contribution in [0.3, 0.4) is 0 Å². The van der Waals surface area contributed by atoms with Gasteiger partial charge in [0.25, 0.3) is 11.5 Å². The summed E-state index contributed by atoms with van der Waals surface area (Å²) in [7, 11) is 0. The minimum atomic E-state index is -0.166. The fourth-order valence-corrected chi connectivity index (χ4v) is 4.54. The highest BCUT2D eigenvalue weighted by molar-refractivity contribution is 5.95. The monoisotopic (exact) mass is 452 g/mol. The van der Waals surface area contributed by atoms with Crippen LogP contribution in [0.2, 0.25) is 0 Å². The zero-order chi connectivity index (χ0) is 23.3. The molecule has 0 unspecified atom stereocenters. The third-order valence-corrected chi connectivity index (χ3v) is 6.44. The summed E-state index contributed by atoms with van der Waals surface area (Å²) < 4.78 is 1.55. The molecule has 0 radical (unpaired) electrons. The number of hydrogen-bond acceptors (Lipinski definition) is 4. The second kappa shape index (κ2) is 10.0. The summed E-state index contributed by atoms with van der Waals surface area (Å²) in [6.45, 7) is 3.77. The molecule has 0 spiro atoms. The maximum Gasteiger partial charge on any atom is 0.274 e. The minimum Gasteiger partial charge on any atom is -0.346 e. The highest BCUT2D eigenvalue weighted by Crippen LogP contribution is 2.19. The quantitative estimate of drug-likeness (QED) is 0.459. The van der Waals surface area contributed by atoms with E-state index in [1.165, 1.54) is 12.8 Å². The average Bonchev–Trinajstić information content (AvgIpc) is 3.42. The fourth-order valence-electron chi connectivity index (χ4n) is 4.54. The van der Waals surface area contributed by atoms with E-state index in [1.54, 1.807) is 4.68 Å². The molecule has 172 valence electrons. The van der Waals surface area contributed by atoms with Crippen LogP contribution in [0.25, 0.3) is 21.9 Å². The standard InChI is InChI=1S/C28H28N4O2/c33-27(23-14-12-22(13-15-23)21-8-2-1-3-9-21)29-20-26-24-10-4-5-11-25(24)28(34)32(30-26)19-18-31-16-6-7-17-31/h1-5,8-15H,6-7,16-20H2,(H,29,33). The molecule has 0 bridgehead atoms. The normalized spacial score (nSPS) is 13.9. The van der Waals surface area contributed by atoms with Crippen LogP contribution in [0, 0.1) is 0 Å². The number of benzene rings is 3. The number of carbonyl (C=O) groups is 1. The minimum absolute atomic E-state index is 0.0821. The fraction of sp³-hybridized carbons (Fsp3) is 0.250. The van der Waals surface area contributed by atoms with Gasteiger partial charge in [-0.05, 0) is 55.3 Å². The Morgan fingerprint density at radius 1 is 0.794 bits per heavy atom. The van der Waals surface area contributed by atoms with Crippen molar-refractivity contribution in [3.05, 3.63) is 100 Å². The lowest BCUT2D eigenvalue weighted by molar-refractivity contribution is 0.0950. The van der Waals surface area contributed by atoms with E-state index in [4.69, 9.17) is 0 Å². The summed E-state index contributed by atoms with van der Waals surface area (Å²) in [5, 5.41) is 9.04. The zero-order valence-corrected chi connectivity index (χ0v) is 19.1. The Bertz CT molecular complexity index is 1340. The van der Waals surface area contributed by atoms with Crippen molar-refractivity contribution < 1.29 is 4.79 Å². The summed E-state index contributed by atoms with van der Waals surface area (Å²) in [6, 6.07) is 25.1. The molecule has 0 atom stereocenters. The van der Waals surface area contributed by atoms with Gasteiger partial charge >= 0.3 is 0 Å².